The summed E-state index contributed by atoms with van der Waals surface area (Å²) >= 11 is 0. The van der Waals surface area contributed by atoms with Gasteiger partial charge in [0, 0.05) is 12.8 Å². The maximum absolute atomic E-state index is 13.1. The molecule has 1 aromatic heterocycles. The zero-order valence-electron chi connectivity index (χ0n) is 13.6. The van der Waals surface area contributed by atoms with Gasteiger partial charge in [-0.1, -0.05) is 5.16 Å². The van der Waals surface area contributed by atoms with Crippen molar-refractivity contribution in [2.45, 2.75) is 37.8 Å². The Hall–Kier alpha value is -1.63. The van der Waals surface area contributed by atoms with Crippen LogP contribution in [0.1, 0.15) is 31.5 Å². The number of hydrogen-bond acceptors (Lipinski definition) is 6. The largest absolute Gasteiger partial charge is 0.461 e. The van der Waals surface area contributed by atoms with Crippen molar-refractivity contribution in [3.8, 4) is 0 Å². The summed E-state index contributed by atoms with van der Waals surface area (Å²) in [7, 11) is -3.25. The molecule has 1 heterocycles. The molecule has 0 aromatic carbocycles. The molecule has 7 nitrogen and oxygen atoms in total. The van der Waals surface area contributed by atoms with Crippen LogP contribution in [0.25, 0.3) is 0 Å². The van der Waals surface area contributed by atoms with Crippen molar-refractivity contribution < 1.29 is 34.9 Å². The molecule has 0 atom stereocenters. The summed E-state index contributed by atoms with van der Waals surface area (Å²) in [5.41, 5.74) is 0. The van der Waals surface area contributed by atoms with Crippen LogP contribution in [0.15, 0.2) is 9.52 Å². The Balaban J connectivity index is 1.88. The SMILES string of the molecule is CS(=O)(=O)NCC1CCC(/C=N/c2nc(C(F)(F)C(F)(F)F)no2)CC1. The molecule has 148 valence electrons. The van der Waals surface area contributed by atoms with E-state index in [1.54, 1.807) is 0 Å². The van der Waals surface area contributed by atoms with Gasteiger partial charge in [0.05, 0.1) is 6.26 Å². The van der Waals surface area contributed by atoms with E-state index in [-0.39, 0.29) is 11.8 Å². The minimum absolute atomic E-state index is 0.0389. The Morgan fingerprint density at radius 2 is 1.85 bits per heavy atom. The third-order valence-corrected chi connectivity index (χ3v) is 4.66. The summed E-state index contributed by atoms with van der Waals surface area (Å²) in [5.74, 6) is -6.86. The summed E-state index contributed by atoms with van der Waals surface area (Å²) in [4.78, 5) is 6.66. The lowest BCUT2D eigenvalue weighted by Crippen LogP contribution is -2.34. The summed E-state index contributed by atoms with van der Waals surface area (Å²) in [5, 5.41) is 2.64. The molecule has 1 saturated carbocycles. The topological polar surface area (TPSA) is 97.5 Å². The Labute approximate surface area is 146 Å². The molecular formula is C13H17F5N4O3S. The van der Waals surface area contributed by atoms with Crippen molar-refractivity contribution in [3.63, 3.8) is 0 Å². The number of nitrogens with zero attached hydrogens (tertiary/aromatic N) is 3. The summed E-state index contributed by atoms with van der Waals surface area (Å²) in [6.45, 7) is 0.336. The van der Waals surface area contributed by atoms with E-state index in [0.717, 1.165) is 19.1 Å². The van der Waals surface area contributed by atoms with Gasteiger partial charge in [-0.15, -0.1) is 0 Å². The first-order chi connectivity index (χ1) is 11.9. The normalized spacial score (nSPS) is 22.8. The molecular weight excluding hydrogens is 387 g/mol. The van der Waals surface area contributed by atoms with Gasteiger partial charge in [0.15, 0.2) is 0 Å². The van der Waals surface area contributed by atoms with Crippen LogP contribution in [0, 0.1) is 11.8 Å². The van der Waals surface area contributed by atoms with Crippen LogP contribution in [0.3, 0.4) is 0 Å². The maximum atomic E-state index is 13.1. The zero-order valence-corrected chi connectivity index (χ0v) is 14.4. The highest BCUT2D eigenvalue weighted by molar-refractivity contribution is 7.88. The second kappa shape index (κ2) is 7.55. The number of alkyl halides is 5. The highest BCUT2D eigenvalue weighted by atomic mass is 32.2. The van der Waals surface area contributed by atoms with Crippen LogP contribution in [-0.2, 0) is 15.9 Å². The average Bonchev–Trinajstić information content (AvgIpc) is 3.00. The molecule has 13 heteroatoms. The number of sulfonamides is 1. The van der Waals surface area contributed by atoms with Crippen molar-refractivity contribution in [1.29, 1.82) is 0 Å². The second-order valence-electron chi connectivity index (χ2n) is 6.15. The quantitative estimate of drug-likeness (QED) is 0.581. The summed E-state index contributed by atoms with van der Waals surface area (Å²) in [6.07, 6.45) is -0.592. The van der Waals surface area contributed by atoms with Gasteiger partial charge in [0.1, 0.15) is 0 Å². The predicted molar refractivity (Wildman–Crippen MR) is 80.7 cm³/mol. The van der Waals surface area contributed by atoms with Gasteiger partial charge in [-0.25, -0.2) is 18.1 Å². The highest BCUT2D eigenvalue weighted by Gasteiger charge is 2.62. The first kappa shape index (κ1) is 20.7. The minimum atomic E-state index is -5.82. The molecule has 1 N–H and O–H groups in total. The van der Waals surface area contributed by atoms with Crippen LogP contribution < -0.4 is 4.72 Å². The number of aliphatic imine (C=N–C) groups is 1. The first-order valence-corrected chi connectivity index (χ1v) is 9.55. The van der Waals surface area contributed by atoms with E-state index >= 15 is 0 Å². The third kappa shape index (κ3) is 5.43. The highest BCUT2D eigenvalue weighted by Crippen LogP contribution is 2.42. The van der Waals surface area contributed by atoms with Crippen LogP contribution in [-0.4, -0.2) is 43.7 Å². The van der Waals surface area contributed by atoms with E-state index in [2.05, 4.69) is 24.4 Å². The summed E-state index contributed by atoms with van der Waals surface area (Å²) in [6, 6.07) is -0.676. The van der Waals surface area contributed by atoms with E-state index in [1.807, 2.05) is 0 Å². The average molecular weight is 404 g/mol. The number of aromatic nitrogens is 2. The predicted octanol–water partition coefficient (Wildman–Crippen LogP) is 2.78. The van der Waals surface area contributed by atoms with Crippen molar-refractivity contribution in [2.75, 3.05) is 12.8 Å². The van der Waals surface area contributed by atoms with Gasteiger partial charge in [0.25, 0.3) is 5.82 Å². The van der Waals surface area contributed by atoms with E-state index in [0.29, 0.717) is 19.4 Å². The van der Waals surface area contributed by atoms with Crippen LogP contribution in [0.4, 0.5) is 28.0 Å². The Morgan fingerprint density at radius 1 is 1.23 bits per heavy atom. The molecule has 1 aliphatic carbocycles. The molecule has 26 heavy (non-hydrogen) atoms. The molecule has 1 aliphatic rings. The van der Waals surface area contributed by atoms with Gasteiger partial charge in [-0.2, -0.15) is 26.9 Å². The molecule has 1 fully saturated rings. The van der Waals surface area contributed by atoms with Gasteiger partial charge in [-0.3, -0.25) is 0 Å². The van der Waals surface area contributed by atoms with Crippen LogP contribution in [0.5, 0.6) is 0 Å². The van der Waals surface area contributed by atoms with Crippen molar-refractivity contribution in [1.82, 2.24) is 14.9 Å². The molecule has 2 rings (SSSR count). The summed E-state index contributed by atoms with van der Waals surface area (Å²) < 4.78 is 91.7. The number of halogens is 5. The van der Waals surface area contributed by atoms with Crippen LogP contribution >= 0.6 is 0 Å². The molecule has 0 unspecified atom stereocenters. The number of hydrogen-bond donors (Lipinski definition) is 1. The van der Waals surface area contributed by atoms with Gasteiger partial charge < -0.3 is 4.52 Å². The minimum Gasteiger partial charge on any atom is -0.313 e. The third-order valence-electron chi connectivity index (χ3n) is 3.97. The number of nitrogens with one attached hydrogen (secondary N) is 1. The second-order valence-corrected chi connectivity index (χ2v) is 7.99. The molecule has 0 spiro atoms. The van der Waals surface area contributed by atoms with Gasteiger partial charge in [-0.05, 0) is 37.5 Å². The van der Waals surface area contributed by atoms with E-state index < -0.39 is 34.0 Å². The van der Waals surface area contributed by atoms with E-state index in [9.17, 15) is 30.4 Å². The molecule has 0 amide bonds. The fourth-order valence-electron chi connectivity index (χ4n) is 2.50. The lowest BCUT2D eigenvalue weighted by atomic mass is 9.83. The molecule has 1 aromatic rings. The van der Waals surface area contributed by atoms with Crippen molar-refractivity contribution >= 4 is 22.3 Å². The van der Waals surface area contributed by atoms with Gasteiger partial charge >= 0.3 is 18.1 Å². The maximum Gasteiger partial charge on any atom is 0.461 e. The Morgan fingerprint density at radius 3 is 2.38 bits per heavy atom. The zero-order chi connectivity index (χ0) is 19.6. The van der Waals surface area contributed by atoms with Gasteiger partial charge in [0.2, 0.25) is 10.0 Å². The first-order valence-electron chi connectivity index (χ1n) is 7.66. The fourth-order valence-corrected chi connectivity index (χ4v) is 3.04. The van der Waals surface area contributed by atoms with Crippen molar-refractivity contribution in [2.24, 2.45) is 16.8 Å². The fraction of sp³-hybridized carbons (Fsp3) is 0.769. The monoisotopic (exact) mass is 404 g/mol. The molecule has 0 saturated heterocycles. The standard InChI is InChI=1S/C13H17F5N4O3S/c1-26(23,24)20-7-9-4-2-8(3-5-9)6-19-11-21-10(22-25-11)12(14,15)13(16,17)18/h6,8-9,20H,2-5,7H2,1H3/b19-6+. The molecule has 0 radical (unpaired) electrons. The van der Waals surface area contributed by atoms with Crippen molar-refractivity contribution in [3.05, 3.63) is 5.82 Å². The number of rotatable bonds is 6. The lowest BCUT2D eigenvalue weighted by Gasteiger charge is -2.26. The van der Waals surface area contributed by atoms with E-state index in [1.165, 1.54) is 6.21 Å². The lowest BCUT2D eigenvalue weighted by molar-refractivity contribution is -0.293. The Kier molecular flexibility index (Phi) is 6.00. The molecule has 0 aliphatic heterocycles. The molecule has 0 bridgehead atoms. The van der Waals surface area contributed by atoms with E-state index in [4.69, 9.17) is 0 Å². The Bertz CT molecular complexity index is 739. The van der Waals surface area contributed by atoms with Crippen LogP contribution in [0.2, 0.25) is 0 Å². The smallest absolute Gasteiger partial charge is 0.313 e.